The minimum Gasteiger partial charge on any atom is -0.454 e. The molecule has 6 rings (SSSR count). The summed E-state index contributed by atoms with van der Waals surface area (Å²) in [5.41, 5.74) is 4.77. The van der Waals surface area contributed by atoms with Gasteiger partial charge in [-0.1, -0.05) is 19.1 Å². The molecule has 0 fully saturated rings. The molecule has 0 atom stereocenters. The highest BCUT2D eigenvalue weighted by Gasteiger charge is 2.32. The second-order valence-corrected chi connectivity index (χ2v) is 7.03. The number of hydrogen-bond acceptors (Lipinski definition) is 5. The number of ether oxygens (including phenoxy) is 4. The van der Waals surface area contributed by atoms with Gasteiger partial charge in [-0.05, 0) is 52.3 Å². The summed E-state index contributed by atoms with van der Waals surface area (Å²) < 4.78 is 22.6. The van der Waals surface area contributed by atoms with Gasteiger partial charge in [0.05, 0.1) is 0 Å². The van der Waals surface area contributed by atoms with Gasteiger partial charge < -0.3 is 24.3 Å². The molecule has 28 heavy (non-hydrogen) atoms. The zero-order valence-corrected chi connectivity index (χ0v) is 15.3. The highest BCUT2D eigenvalue weighted by Crippen LogP contribution is 2.49. The van der Waals surface area contributed by atoms with E-state index in [4.69, 9.17) is 18.9 Å². The Morgan fingerprint density at radius 1 is 0.929 bits per heavy atom. The van der Waals surface area contributed by atoms with E-state index in [9.17, 15) is 4.79 Å². The van der Waals surface area contributed by atoms with Crippen LogP contribution >= 0.6 is 0 Å². The Labute approximate surface area is 161 Å². The molecular weight excluding hydrogens is 358 g/mol. The topological polar surface area (TPSA) is 66.0 Å². The highest BCUT2D eigenvalue weighted by molar-refractivity contribution is 6.14. The Bertz CT molecular complexity index is 1180. The lowest BCUT2D eigenvalue weighted by atomic mass is 9.85. The predicted octanol–water partition coefficient (Wildman–Crippen LogP) is 3.77. The van der Waals surface area contributed by atoms with Crippen molar-refractivity contribution in [2.24, 2.45) is 0 Å². The molecule has 140 valence electrons. The molecule has 3 aromatic carbocycles. The molecule has 3 aliphatic rings. The first kappa shape index (κ1) is 15.6. The van der Waals surface area contributed by atoms with Crippen molar-refractivity contribution in [3.05, 3.63) is 47.0 Å². The van der Waals surface area contributed by atoms with Gasteiger partial charge in [-0.2, -0.15) is 0 Å². The fourth-order valence-electron chi connectivity index (χ4n) is 4.51. The lowest BCUT2D eigenvalue weighted by molar-refractivity contribution is 0.0965. The van der Waals surface area contributed by atoms with Crippen LogP contribution in [0.1, 0.15) is 28.4 Å². The number of fused-ring (bicyclic) bond motifs is 5. The SMILES string of the molecule is CCc1c2c(c(-c3ccc4c(c3)OCO4)c3c4c(ccc13)OCO4)CNC2=O. The van der Waals surface area contributed by atoms with E-state index in [2.05, 4.69) is 12.2 Å². The first-order chi connectivity index (χ1) is 13.8. The first-order valence-electron chi connectivity index (χ1n) is 9.34. The van der Waals surface area contributed by atoms with E-state index in [0.29, 0.717) is 12.3 Å². The van der Waals surface area contributed by atoms with E-state index >= 15 is 0 Å². The van der Waals surface area contributed by atoms with Crippen LogP contribution in [0.25, 0.3) is 21.9 Å². The molecule has 3 aliphatic heterocycles. The van der Waals surface area contributed by atoms with Crippen LogP contribution in [0.4, 0.5) is 0 Å². The third-order valence-corrected chi connectivity index (χ3v) is 5.69. The zero-order valence-electron chi connectivity index (χ0n) is 15.3. The van der Waals surface area contributed by atoms with Crippen LogP contribution in [0.3, 0.4) is 0 Å². The number of aryl methyl sites for hydroxylation is 1. The fraction of sp³-hybridized carbons (Fsp3) is 0.227. The Hall–Kier alpha value is -3.41. The molecule has 0 radical (unpaired) electrons. The summed E-state index contributed by atoms with van der Waals surface area (Å²) in [6.07, 6.45) is 0.757. The molecule has 0 unspecified atom stereocenters. The highest BCUT2D eigenvalue weighted by atomic mass is 16.7. The van der Waals surface area contributed by atoms with Crippen molar-refractivity contribution in [3.63, 3.8) is 0 Å². The summed E-state index contributed by atoms with van der Waals surface area (Å²) in [5.74, 6) is 2.89. The average Bonchev–Trinajstić information content (AvgIpc) is 3.45. The third-order valence-electron chi connectivity index (χ3n) is 5.69. The maximum atomic E-state index is 12.7. The largest absolute Gasteiger partial charge is 0.454 e. The summed E-state index contributed by atoms with van der Waals surface area (Å²) in [6, 6.07) is 9.85. The van der Waals surface area contributed by atoms with Crippen molar-refractivity contribution in [1.29, 1.82) is 0 Å². The van der Waals surface area contributed by atoms with Crippen LogP contribution < -0.4 is 24.3 Å². The molecule has 0 saturated carbocycles. The summed E-state index contributed by atoms with van der Waals surface area (Å²) in [4.78, 5) is 12.7. The first-order valence-corrected chi connectivity index (χ1v) is 9.34. The van der Waals surface area contributed by atoms with Gasteiger partial charge in [0, 0.05) is 17.5 Å². The second-order valence-electron chi connectivity index (χ2n) is 7.03. The number of benzene rings is 3. The van der Waals surface area contributed by atoms with E-state index in [-0.39, 0.29) is 19.5 Å². The van der Waals surface area contributed by atoms with Crippen LogP contribution in [-0.4, -0.2) is 19.5 Å². The van der Waals surface area contributed by atoms with Gasteiger partial charge in [0.25, 0.3) is 5.91 Å². The number of rotatable bonds is 2. The maximum Gasteiger partial charge on any atom is 0.252 e. The smallest absolute Gasteiger partial charge is 0.252 e. The van der Waals surface area contributed by atoms with Crippen LogP contribution in [0.2, 0.25) is 0 Å². The van der Waals surface area contributed by atoms with Gasteiger partial charge in [-0.25, -0.2) is 0 Å². The number of carbonyl (C=O) groups excluding carboxylic acids is 1. The van der Waals surface area contributed by atoms with E-state index < -0.39 is 0 Å². The Balaban J connectivity index is 1.77. The van der Waals surface area contributed by atoms with Gasteiger partial charge >= 0.3 is 0 Å². The molecule has 6 nitrogen and oxygen atoms in total. The van der Waals surface area contributed by atoms with E-state index in [1.54, 1.807) is 0 Å². The van der Waals surface area contributed by atoms with E-state index in [0.717, 1.165) is 62.3 Å². The van der Waals surface area contributed by atoms with Crippen molar-refractivity contribution in [2.45, 2.75) is 19.9 Å². The number of carbonyl (C=O) groups is 1. The van der Waals surface area contributed by atoms with E-state index in [1.807, 2.05) is 30.3 Å². The summed E-state index contributed by atoms with van der Waals surface area (Å²) >= 11 is 0. The van der Waals surface area contributed by atoms with Crippen molar-refractivity contribution < 1.29 is 23.7 Å². The van der Waals surface area contributed by atoms with Crippen LogP contribution in [0.15, 0.2) is 30.3 Å². The molecule has 0 bridgehead atoms. The fourth-order valence-corrected chi connectivity index (χ4v) is 4.51. The molecule has 0 saturated heterocycles. The Morgan fingerprint density at radius 3 is 2.61 bits per heavy atom. The predicted molar refractivity (Wildman–Crippen MR) is 102 cm³/mol. The molecule has 6 heteroatoms. The number of nitrogens with one attached hydrogen (secondary N) is 1. The normalized spacial score (nSPS) is 15.8. The molecule has 0 aromatic heterocycles. The van der Waals surface area contributed by atoms with Gasteiger partial charge in [0.1, 0.15) is 0 Å². The van der Waals surface area contributed by atoms with Crippen molar-refractivity contribution in [2.75, 3.05) is 13.6 Å². The maximum absolute atomic E-state index is 12.7. The van der Waals surface area contributed by atoms with Gasteiger partial charge in [-0.3, -0.25) is 4.79 Å². The van der Waals surface area contributed by atoms with Crippen LogP contribution in [0, 0.1) is 0 Å². The molecule has 0 aliphatic carbocycles. The van der Waals surface area contributed by atoms with Crippen molar-refractivity contribution in [1.82, 2.24) is 5.32 Å². The van der Waals surface area contributed by atoms with Crippen molar-refractivity contribution in [3.8, 4) is 34.1 Å². The third kappa shape index (κ3) is 1.94. The molecule has 3 aromatic rings. The van der Waals surface area contributed by atoms with Gasteiger partial charge in [0.2, 0.25) is 13.6 Å². The molecule has 1 N–H and O–H groups in total. The van der Waals surface area contributed by atoms with Crippen LogP contribution in [0.5, 0.6) is 23.0 Å². The van der Waals surface area contributed by atoms with Crippen molar-refractivity contribution >= 4 is 16.7 Å². The molecule has 1 amide bonds. The monoisotopic (exact) mass is 375 g/mol. The standard InChI is InChI=1S/C22H17NO5/c1-2-12-13-4-6-16-21(28-10-26-16)20(13)18(14-8-23-22(24)19(12)14)11-3-5-15-17(7-11)27-9-25-15/h3-7H,2,8-10H2,1H3,(H,23,24). The molecule has 3 heterocycles. The summed E-state index contributed by atoms with van der Waals surface area (Å²) in [6.45, 7) is 2.99. The number of hydrogen-bond donors (Lipinski definition) is 1. The lowest BCUT2D eigenvalue weighted by Gasteiger charge is -2.18. The van der Waals surface area contributed by atoms with E-state index in [1.165, 1.54) is 0 Å². The van der Waals surface area contributed by atoms with Crippen LogP contribution in [-0.2, 0) is 13.0 Å². The number of amides is 1. The minimum absolute atomic E-state index is 0.0200. The Morgan fingerprint density at radius 2 is 1.71 bits per heavy atom. The second kappa shape index (κ2) is 5.55. The average molecular weight is 375 g/mol. The zero-order chi connectivity index (χ0) is 18.8. The molecular formula is C22H17NO5. The quantitative estimate of drug-likeness (QED) is 0.739. The van der Waals surface area contributed by atoms with Gasteiger partial charge in [0.15, 0.2) is 23.0 Å². The summed E-state index contributed by atoms with van der Waals surface area (Å²) in [7, 11) is 0. The Kier molecular flexibility index (Phi) is 3.10. The summed E-state index contributed by atoms with van der Waals surface area (Å²) in [5, 5.41) is 5.01. The lowest BCUT2D eigenvalue weighted by Crippen LogP contribution is -2.13. The molecule has 0 spiro atoms. The minimum atomic E-state index is -0.0200. The van der Waals surface area contributed by atoms with Gasteiger partial charge in [-0.15, -0.1) is 0 Å².